The topological polar surface area (TPSA) is 90.5 Å². The highest BCUT2D eigenvalue weighted by Crippen LogP contribution is 2.33. The number of aromatic hydroxyl groups is 1. The molecular formula is C26H25NO4. The maximum absolute atomic E-state index is 11.7. The van der Waals surface area contributed by atoms with E-state index in [1.54, 1.807) is 36.4 Å². The average Bonchev–Trinajstić information content (AvgIpc) is 2.79. The van der Waals surface area contributed by atoms with Crippen LogP contribution in [0.15, 0.2) is 60.7 Å². The van der Waals surface area contributed by atoms with Gasteiger partial charge in [0, 0.05) is 5.56 Å². The minimum Gasteiger partial charge on any atom is -0.507 e. The van der Waals surface area contributed by atoms with E-state index in [4.69, 9.17) is 10.00 Å². The normalized spacial score (nSPS) is 11.5. The lowest BCUT2D eigenvalue weighted by Crippen LogP contribution is -2.03. The van der Waals surface area contributed by atoms with Crippen LogP contribution in [0.2, 0.25) is 0 Å². The van der Waals surface area contributed by atoms with Crippen molar-refractivity contribution in [1.29, 1.82) is 5.26 Å². The molecule has 2 N–H and O–H groups in total. The summed E-state index contributed by atoms with van der Waals surface area (Å²) in [6.45, 7) is 3.73. The second-order valence-electron chi connectivity index (χ2n) is 7.41. The maximum atomic E-state index is 11.7. The number of nitrogens with zero attached hydrogens (tertiary/aromatic N) is 1. The Balaban J connectivity index is 1.72. The molecule has 1 unspecified atom stereocenters. The lowest BCUT2D eigenvalue weighted by molar-refractivity contribution is 0.101. The van der Waals surface area contributed by atoms with E-state index in [1.807, 2.05) is 31.2 Å². The largest absolute Gasteiger partial charge is 0.507 e. The van der Waals surface area contributed by atoms with E-state index in [0.29, 0.717) is 41.0 Å². The van der Waals surface area contributed by atoms with Gasteiger partial charge in [0.25, 0.3) is 0 Å². The molecule has 5 nitrogen and oxygen atoms in total. The van der Waals surface area contributed by atoms with Gasteiger partial charge in [-0.3, -0.25) is 4.79 Å². The van der Waals surface area contributed by atoms with Crippen molar-refractivity contribution >= 4 is 5.78 Å². The molecule has 0 spiro atoms. The van der Waals surface area contributed by atoms with Gasteiger partial charge in [0.15, 0.2) is 5.78 Å². The molecule has 3 rings (SSSR count). The van der Waals surface area contributed by atoms with Gasteiger partial charge in [-0.05, 0) is 54.3 Å². The van der Waals surface area contributed by atoms with Crippen molar-refractivity contribution in [2.45, 2.75) is 39.4 Å². The Morgan fingerprint density at radius 2 is 1.65 bits per heavy atom. The van der Waals surface area contributed by atoms with Crippen LogP contribution in [0.3, 0.4) is 0 Å². The van der Waals surface area contributed by atoms with E-state index in [-0.39, 0.29) is 11.5 Å². The fraction of sp³-hybridized carbons (Fsp3) is 0.231. The average molecular weight is 415 g/mol. The maximum Gasteiger partial charge on any atom is 0.163 e. The van der Waals surface area contributed by atoms with Crippen molar-refractivity contribution in [3.63, 3.8) is 0 Å². The van der Waals surface area contributed by atoms with E-state index < -0.39 is 6.10 Å². The molecule has 3 aromatic rings. The molecule has 0 heterocycles. The van der Waals surface area contributed by atoms with Crippen LogP contribution >= 0.6 is 0 Å². The number of aliphatic hydroxyl groups is 1. The first-order valence-electron chi connectivity index (χ1n) is 10.2. The van der Waals surface area contributed by atoms with Crippen LogP contribution in [0, 0.1) is 11.3 Å². The van der Waals surface area contributed by atoms with E-state index in [1.165, 1.54) is 6.92 Å². The highest BCUT2D eigenvalue weighted by molar-refractivity contribution is 5.97. The first-order valence-corrected chi connectivity index (χ1v) is 10.2. The van der Waals surface area contributed by atoms with Gasteiger partial charge in [-0.1, -0.05) is 49.7 Å². The Morgan fingerprint density at radius 1 is 1.03 bits per heavy atom. The molecule has 31 heavy (non-hydrogen) atoms. The monoisotopic (exact) mass is 415 g/mol. The first kappa shape index (κ1) is 22.1. The summed E-state index contributed by atoms with van der Waals surface area (Å²) in [5, 5.41) is 29.9. The fourth-order valence-corrected chi connectivity index (χ4v) is 3.42. The minimum absolute atomic E-state index is 0.00673. The van der Waals surface area contributed by atoms with Gasteiger partial charge in [0.1, 0.15) is 24.2 Å². The molecule has 1 atom stereocenters. The van der Waals surface area contributed by atoms with Crippen molar-refractivity contribution in [1.82, 2.24) is 0 Å². The van der Waals surface area contributed by atoms with Crippen LogP contribution in [0.25, 0.3) is 0 Å². The van der Waals surface area contributed by atoms with Gasteiger partial charge < -0.3 is 14.9 Å². The van der Waals surface area contributed by atoms with Crippen molar-refractivity contribution < 1.29 is 19.7 Å². The van der Waals surface area contributed by atoms with Crippen LogP contribution < -0.4 is 4.74 Å². The third-order valence-electron chi connectivity index (χ3n) is 5.16. The number of Topliss-reactive ketones (excluding diaryl/α,β-unsaturated/α-hetero) is 1. The molecule has 0 saturated heterocycles. The van der Waals surface area contributed by atoms with Crippen molar-refractivity contribution in [3.05, 3.63) is 94.0 Å². The summed E-state index contributed by atoms with van der Waals surface area (Å²) in [6.07, 6.45) is 0.639. The zero-order valence-electron chi connectivity index (χ0n) is 17.6. The van der Waals surface area contributed by atoms with Crippen LogP contribution in [-0.2, 0) is 13.0 Å². The summed E-state index contributed by atoms with van der Waals surface area (Å²) in [7, 11) is 0. The standard InChI is InChI=1S/C26H25NO4/c1-3-4-23-24(14-13-22(17(2)28)26(23)30)31-16-19-7-11-21(12-8-19)25(29)20-9-5-18(15-27)6-10-20/h5-14,25,29-30H,3-4,16H2,1-2H3. The van der Waals surface area contributed by atoms with E-state index in [2.05, 4.69) is 6.07 Å². The van der Waals surface area contributed by atoms with Crippen LogP contribution in [-0.4, -0.2) is 16.0 Å². The molecule has 0 aromatic heterocycles. The molecule has 0 amide bonds. The number of hydrogen-bond donors (Lipinski definition) is 2. The second kappa shape index (κ2) is 9.92. The molecule has 0 bridgehead atoms. The van der Waals surface area contributed by atoms with Crippen molar-refractivity contribution in [3.8, 4) is 17.6 Å². The highest BCUT2D eigenvalue weighted by atomic mass is 16.5. The molecule has 0 aliphatic heterocycles. The number of ketones is 1. The molecule has 0 fully saturated rings. The summed E-state index contributed by atoms with van der Waals surface area (Å²) in [4.78, 5) is 11.7. The lowest BCUT2D eigenvalue weighted by Gasteiger charge is -2.15. The quantitative estimate of drug-likeness (QED) is 0.501. The zero-order chi connectivity index (χ0) is 22.4. The van der Waals surface area contributed by atoms with Crippen LogP contribution in [0.5, 0.6) is 11.5 Å². The molecule has 3 aromatic carbocycles. The Bertz CT molecular complexity index is 1100. The molecule has 0 radical (unpaired) electrons. The number of hydrogen-bond acceptors (Lipinski definition) is 5. The number of aliphatic hydroxyl groups excluding tert-OH is 1. The summed E-state index contributed by atoms with van der Waals surface area (Å²) in [5.74, 6) is 0.372. The van der Waals surface area contributed by atoms with Gasteiger partial charge >= 0.3 is 0 Å². The number of benzene rings is 3. The van der Waals surface area contributed by atoms with E-state index in [0.717, 1.165) is 17.5 Å². The number of carbonyl (C=O) groups excluding carboxylic acids is 1. The van der Waals surface area contributed by atoms with Crippen LogP contribution in [0.4, 0.5) is 0 Å². The SMILES string of the molecule is CCCc1c(OCc2ccc(C(O)c3ccc(C#N)cc3)cc2)ccc(C(C)=O)c1O. The number of phenolic OH excluding ortho intramolecular Hbond substituents is 1. The Labute approximate surface area is 182 Å². The number of carbonyl (C=O) groups is 1. The van der Waals surface area contributed by atoms with Gasteiger partial charge in [-0.25, -0.2) is 0 Å². The Kier molecular flexibility index (Phi) is 7.07. The molecule has 0 aliphatic carbocycles. The third-order valence-corrected chi connectivity index (χ3v) is 5.16. The number of ether oxygens (including phenoxy) is 1. The Hall–Kier alpha value is -3.62. The zero-order valence-corrected chi connectivity index (χ0v) is 17.6. The van der Waals surface area contributed by atoms with Gasteiger partial charge in [0.2, 0.25) is 0 Å². The number of phenols is 1. The summed E-state index contributed by atoms with van der Waals surface area (Å²) >= 11 is 0. The smallest absolute Gasteiger partial charge is 0.163 e. The second-order valence-corrected chi connectivity index (χ2v) is 7.41. The Morgan fingerprint density at radius 3 is 2.19 bits per heavy atom. The summed E-state index contributed by atoms with van der Waals surface area (Å²) in [5.41, 5.74) is 3.86. The summed E-state index contributed by atoms with van der Waals surface area (Å²) in [6, 6.07) is 19.7. The molecule has 0 saturated carbocycles. The molecular weight excluding hydrogens is 390 g/mol. The van der Waals surface area contributed by atoms with Gasteiger partial charge in [0.05, 0.1) is 17.2 Å². The molecule has 158 valence electrons. The first-order chi connectivity index (χ1) is 14.9. The van der Waals surface area contributed by atoms with E-state index in [9.17, 15) is 15.0 Å². The van der Waals surface area contributed by atoms with E-state index >= 15 is 0 Å². The minimum atomic E-state index is -0.782. The molecule has 0 aliphatic rings. The van der Waals surface area contributed by atoms with Gasteiger partial charge in [-0.15, -0.1) is 0 Å². The lowest BCUT2D eigenvalue weighted by atomic mass is 9.99. The van der Waals surface area contributed by atoms with Gasteiger partial charge in [-0.2, -0.15) is 5.26 Å². The third kappa shape index (κ3) is 5.11. The van der Waals surface area contributed by atoms with Crippen molar-refractivity contribution in [2.75, 3.05) is 0 Å². The number of nitriles is 1. The fourth-order valence-electron chi connectivity index (χ4n) is 3.42. The van der Waals surface area contributed by atoms with Crippen LogP contribution in [0.1, 0.15) is 64.5 Å². The predicted molar refractivity (Wildman–Crippen MR) is 118 cm³/mol. The number of rotatable bonds is 8. The summed E-state index contributed by atoms with van der Waals surface area (Å²) < 4.78 is 5.94. The highest BCUT2D eigenvalue weighted by Gasteiger charge is 2.16. The molecule has 5 heteroatoms. The predicted octanol–water partition coefficient (Wildman–Crippen LogP) is 5.08. The van der Waals surface area contributed by atoms with Crippen molar-refractivity contribution in [2.24, 2.45) is 0 Å².